The Hall–Kier alpha value is 0.0400. The number of rotatable bonds is 3. The third-order valence-corrected chi connectivity index (χ3v) is 5.23. The Balaban J connectivity index is 3.26. The smallest absolute Gasteiger partial charge is 0.201 e. The van der Waals surface area contributed by atoms with Crippen LogP contribution in [0.2, 0.25) is 0 Å². The second-order valence-electron chi connectivity index (χ2n) is 2.90. The van der Waals surface area contributed by atoms with Crippen molar-refractivity contribution in [2.45, 2.75) is 6.42 Å². The molecule has 0 aromatic heterocycles. The Labute approximate surface area is 115 Å². The number of hydrogen-bond acceptors (Lipinski definition) is 4. The van der Waals surface area contributed by atoms with E-state index in [0.717, 1.165) is 3.57 Å². The lowest BCUT2D eigenvalue weighted by atomic mass is 10.1. The maximum atomic E-state index is 9.64. The number of benzene rings is 1. The van der Waals surface area contributed by atoms with Gasteiger partial charge in [0, 0.05) is 22.7 Å². The van der Waals surface area contributed by atoms with Crippen molar-refractivity contribution >= 4 is 45.2 Å². The highest BCUT2D eigenvalue weighted by atomic mass is 127. The van der Waals surface area contributed by atoms with Crippen LogP contribution in [0.5, 0.6) is 17.2 Å². The fourth-order valence-electron chi connectivity index (χ4n) is 1.13. The topological polar surface area (TPSA) is 69.9 Å². The van der Waals surface area contributed by atoms with Crippen molar-refractivity contribution in [3.05, 3.63) is 12.7 Å². The van der Waals surface area contributed by atoms with E-state index >= 15 is 0 Å². The van der Waals surface area contributed by atoms with Gasteiger partial charge in [0.25, 0.3) is 0 Å². The Morgan fingerprint density at radius 2 is 1.60 bits per heavy atom. The zero-order valence-electron chi connectivity index (χ0n) is 7.92. The molecule has 0 bridgehead atoms. The molecule has 0 aliphatic carbocycles. The van der Waals surface area contributed by atoms with Crippen molar-refractivity contribution in [1.82, 2.24) is 0 Å². The van der Waals surface area contributed by atoms with Gasteiger partial charge in [-0.15, -0.1) is 0 Å². The van der Waals surface area contributed by atoms with Crippen LogP contribution in [0.25, 0.3) is 0 Å². The summed E-state index contributed by atoms with van der Waals surface area (Å²) in [6, 6.07) is 0. The molecule has 4 nitrogen and oxygen atoms in total. The summed E-state index contributed by atoms with van der Waals surface area (Å²) in [6.45, 7) is 0.448. The number of halogens is 2. The fourth-order valence-corrected chi connectivity index (χ4v) is 2.49. The van der Waals surface area contributed by atoms with E-state index in [-0.39, 0.29) is 11.5 Å². The number of methoxy groups -OCH3 is 1. The standard InChI is InChI=1S/C9H10I2O4/c1-15-3-2-4-5(10)6(11)8(13)9(14)7(4)12/h12-14H,2-3H2,1H3. The van der Waals surface area contributed by atoms with Crippen molar-refractivity contribution in [1.29, 1.82) is 0 Å². The van der Waals surface area contributed by atoms with E-state index in [0.29, 0.717) is 22.2 Å². The lowest BCUT2D eigenvalue weighted by Gasteiger charge is -2.12. The summed E-state index contributed by atoms with van der Waals surface area (Å²) in [4.78, 5) is 0. The van der Waals surface area contributed by atoms with Gasteiger partial charge in [-0.25, -0.2) is 0 Å². The first-order chi connectivity index (χ1) is 7.00. The van der Waals surface area contributed by atoms with Gasteiger partial charge in [-0.1, -0.05) is 0 Å². The van der Waals surface area contributed by atoms with E-state index in [2.05, 4.69) is 0 Å². The molecule has 0 aliphatic rings. The summed E-state index contributed by atoms with van der Waals surface area (Å²) in [5.41, 5.74) is 0.595. The van der Waals surface area contributed by atoms with Gasteiger partial charge in [0.15, 0.2) is 11.5 Å². The minimum absolute atomic E-state index is 0.269. The minimum atomic E-state index is -0.467. The maximum absolute atomic E-state index is 9.64. The van der Waals surface area contributed by atoms with Crippen LogP contribution in [0.3, 0.4) is 0 Å². The lowest BCUT2D eigenvalue weighted by molar-refractivity contribution is 0.201. The fraction of sp³-hybridized carbons (Fsp3) is 0.333. The molecule has 0 aliphatic heterocycles. The van der Waals surface area contributed by atoms with Crippen LogP contribution in [-0.4, -0.2) is 29.0 Å². The third kappa shape index (κ3) is 2.59. The minimum Gasteiger partial charge on any atom is -0.504 e. The molecule has 1 aromatic rings. The highest BCUT2D eigenvalue weighted by molar-refractivity contribution is 14.1. The van der Waals surface area contributed by atoms with Gasteiger partial charge in [0.1, 0.15) is 0 Å². The van der Waals surface area contributed by atoms with Crippen LogP contribution in [0.1, 0.15) is 5.56 Å². The third-order valence-electron chi connectivity index (χ3n) is 1.96. The summed E-state index contributed by atoms with van der Waals surface area (Å²) in [5, 5.41) is 28.5. The molecule has 0 amide bonds. The monoisotopic (exact) mass is 436 g/mol. The largest absolute Gasteiger partial charge is 0.504 e. The van der Waals surface area contributed by atoms with Crippen LogP contribution in [0.15, 0.2) is 0 Å². The number of phenolic OH excluding ortho intramolecular Hbond substituents is 3. The average molecular weight is 436 g/mol. The Morgan fingerprint density at radius 3 is 2.13 bits per heavy atom. The molecule has 0 saturated carbocycles. The van der Waals surface area contributed by atoms with E-state index in [1.165, 1.54) is 0 Å². The average Bonchev–Trinajstić information content (AvgIpc) is 2.24. The Morgan fingerprint density at radius 1 is 1.00 bits per heavy atom. The number of ether oxygens (including phenoxy) is 1. The molecule has 15 heavy (non-hydrogen) atoms. The molecule has 0 heterocycles. The van der Waals surface area contributed by atoms with E-state index in [1.807, 2.05) is 45.2 Å². The molecule has 0 atom stereocenters. The van der Waals surface area contributed by atoms with Crippen LogP contribution in [0, 0.1) is 7.14 Å². The second-order valence-corrected chi connectivity index (χ2v) is 5.05. The second kappa shape index (κ2) is 5.39. The molecular weight excluding hydrogens is 426 g/mol. The summed E-state index contributed by atoms with van der Waals surface area (Å²) >= 11 is 3.94. The van der Waals surface area contributed by atoms with E-state index in [4.69, 9.17) is 4.74 Å². The zero-order valence-corrected chi connectivity index (χ0v) is 12.2. The van der Waals surface area contributed by atoms with Gasteiger partial charge in [0.05, 0.1) is 10.2 Å². The molecule has 0 saturated heterocycles. The maximum Gasteiger partial charge on any atom is 0.201 e. The molecule has 6 heteroatoms. The Kier molecular flexibility index (Phi) is 4.71. The molecule has 1 aromatic carbocycles. The van der Waals surface area contributed by atoms with Crippen molar-refractivity contribution in [2.75, 3.05) is 13.7 Å². The summed E-state index contributed by atoms with van der Waals surface area (Å²) in [7, 11) is 1.56. The molecular formula is C9H10I2O4. The lowest BCUT2D eigenvalue weighted by Crippen LogP contribution is -2.00. The van der Waals surface area contributed by atoms with Gasteiger partial charge < -0.3 is 20.1 Å². The quantitative estimate of drug-likeness (QED) is 0.503. The first-order valence-corrected chi connectivity index (χ1v) is 6.26. The highest BCUT2D eigenvalue weighted by Crippen LogP contribution is 2.44. The first-order valence-electron chi connectivity index (χ1n) is 4.10. The predicted octanol–water partition coefficient (Wildman–Crippen LogP) is 2.20. The van der Waals surface area contributed by atoms with Crippen molar-refractivity contribution in [3.8, 4) is 17.2 Å². The Bertz CT molecular complexity index is 350. The number of hydrogen-bond donors (Lipinski definition) is 3. The van der Waals surface area contributed by atoms with Gasteiger partial charge in [-0.2, -0.15) is 0 Å². The molecule has 84 valence electrons. The predicted molar refractivity (Wildman–Crippen MR) is 72.5 cm³/mol. The van der Waals surface area contributed by atoms with Crippen LogP contribution >= 0.6 is 45.2 Å². The highest BCUT2D eigenvalue weighted by Gasteiger charge is 2.19. The van der Waals surface area contributed by atoms with Gasteiger partial charge in [-0.05, 0) is 45.2 Å². The van der Waals surface area contributed by atoms with E-state index < -0.39 is 5.75 Å². The molecule has 0 unspecified atom stereocenters. The summed E-state index contributed by atoms with van der Waals surface area (Å²) in [5.74, 6) is -1.01. The van der Waals surface area contributed by atoms with Crippen molar-refractivity contribution < 1.29 is 20.1 Å². The van der Waals surface area contributed by atoms with Crippen LogP contribution in [-0.2, 0) is 11.2 Å². The molecule has 0 radical (unpaired) electrons. The molecule has 0 spiro atoms. The summed E-state index contributed by atoms with van der Waals surface area (Å²) in [6.07, 6.45) is 0.491. The van der Waals surface area contributed by atoms with Crippen LogP contribution < -0.4 is 0 Å². The summed E-state index contributed by atoms with van der Waals surface area (Å²) < 4.78 is 6.18. The van der Waals surface area contributed by atoms with E-state index in [1.54, 1.807) is 7.11 Å². The van der Waals surface area contributed by atoms with Crippen molar-refractivity contribution in [2.24, 2.45) is 0 Å². The van der Waals surface area contributed by atoms with Gasteiger partial charge >= 0.3 is 0 Å². The molecule has 1 rings (SSSR count). The van der Waals surface area contributed by atoms with Gasteiger partial charge in [0.2, 0.25) is 5.75 Å². The molecule has 3 N–H and O–H groups in total. The normalized spacial score (nSPS) is 10.6. The zero-order chi connectivity index (χ0) is 11.6. The SMILES string of the molecule is COCCc1c(O)c(O)c(O)c(I)c1I. The van der Waals surface area contributed by atoms with Crippen LogP contribution in [0.4, 0.5) is 0 Å². The number of aromatic hydroxyl groups is 3. The van der Waals surface area contributed by atoms with Gasteiger partial charge in [-0.3, -0.25) is 0 Å². The van der Waals surface area contributed by atoms with Crippen molar-refractivity contribution in [3.63, 3.8) is 0 Å². The first kappa shape index (κ1) is 13.1. The van der Waals surface area contributed by atoms with E-state index in [9.17, 15) is 15.3 Å². The number of phenols is 3. The molecule has 0 fully saturated rings.